The zero-order valence-electron chi connectivity index (χ0n) is 27.6. The van der Waals surface area contributed by atoms with Crippen molar-refractivity contribution in [3.63, 3.8) is 0 Å². The maximum absolute atomic E-state index is 12.5. The lowest BCUT2D eigenvalue weighted by Gasteiger charge is -2.16. The van der Waals surface area contributed by atoms with E-state index in [-0.39, 0.29) is 69.7 Å². The van der Waals surface area contributed by atoms with E-state index in [2.05, 4.69) is 41.4 Å². The lowest BCUT2D eigenvalue weighted by atomic mass is 9.89. The molecule has 0 spiro atoms. The van der Waals surface area contributed by atoms with Crippen LogP contribution in [0.15, 0.2) is 84.9 Å². The average molecular weight is 650 g/mol. The quantitative estimate of drug-likeness (QED) is 0.0865. The molecule has 244 valence electrons. The molecule has 0 radical (unpaired) electrons. The molecule has 0 aliphatic carbocycles. The van der Waals surface area contributed by atoms with E-state index < -0.39 is 0 Å². The maximum Gasteiger partial charge on any atom is 0.163 e. The minimum atomic E-state index is -0.336. The first kappa shape index (κ1) is 31.5. The molecule has 0 amide bonds. The molecule has 0 aliphatic rings. The summed E-state index contributed by atoms with van der Waals surface area (Å²) in [6.45, 7) is 6.07. The number of carbonyl (C=O) groups is 2. The van der Waals surface area contributed by atoms with Crippen molar-refractivity contribution in [3.05, 3.63) is 130 Å². The normalized spacial score (nSPS) is 11.5. The Morgan fingerprint density at radius 1 is 0.571 bits per heavy atom. The number of H-pyrrole nitrogens is 1. The number of hydrogen-bond donors (Lipinski definition) is 5. The first-order valence-electron chi connectivity index (χ1n) is 16.1. The third-order valence-electron chi connectivity index (χ3n) is 9.64. The molecular weight excluding hydrogens is 614 g/mol. The molecular formula is C42H35NO6. The van der Waals surface area contributed by atoms with E-state index >= 15 is 0 Å². The van der Waals surface area contributed by atoms with Crippen molar-refractivity contribution in [2.24, 2.45) is 0 Å². The molecule has 49 heavy (non-hydrogen) atoms. The first-order chi connectivity index (χ1) is 23.4. The highest BCUT2D eigenvalue weighted by Crippen LogP contribution is 2.43. The summed E-state index contributed by atoms with van der Waals surface area (Å²) in [6, 6.07) is 27.7. The highest BCUT2D eigenvalue weighted by atomic mass is 16.3. The third kappa shape index (κ3) is 5.24. The fourth-order valence-electron chi connectivity index (χ4n) is 7.09. The Morgan fingerprint density at radius 2 is 1.08 bits per heavy atom. The number of carbonyl (C=O) groups excluding carboxylic acids is 2. The van der Waals surface area contributed by atoms with Crippen LogP contribution in [0.25, 0.3) is 43.6 Å². The molecule has 1 aromatic heterocycles. The monoisotopic (exact) mass is 649 g/mol. The van der Waals surface area contributed by atoms with Gasteiger partial charge in [-0.1, -0.05) is 54.6 Å². The summed E-state index contributed by atoms with van der Waals surface area (Å²) in [5.41, 5.74) is 5.54. The van der Waals surface area contributed by atoms with Gasteiger partial charge < -0.3 is 25.4 Å². The number of benzene rings is 6. The van der Waals surface area contributed by atoms with Crippen LogP contribution < -0.4 is 0 Å². The second-order valence-corrected chi connectivity index (χ2v) is 12.8. The van der Waals surface area contributed by atoms with Crippen LogP contribution in [0.1, 0.15) is 68.1 Å². The van der Waals surface area contributed by atoms with Gasteiger partial charge in [-0.25, -0.2) is 0 Å². The highest BCUT2D eigenvalue weighted by Gasteiger charge is 2.25. The van der Waals surface area contributed by atoms with Crippen LogP contribution in [0.4, 0.5) is 0 Å². The van der Waals surface area contributed by atoms with Gasteiger partial charge in [-0.3, -0.25) is 9.59 Å². The Hall–Kier alpha value is -6.08. The topological polar surface area (TPSA) is 131 Å². The lowest BCUT2D eigenvalue weighted by molar-refractivity contribution is 0.100. The minimum absolute atomic E-state index is 0.0169. The molecule has 0 bridgehead atoms. The average Bonchev–Trinajstić information content (AvgIpc) is 3.42. The van der Waals surface area contributed by atoms with E-state index in [4.69, 9.17) is 0 Å². The largest absolute Gasteiger partial charge is 0.507 e. The standard InChI is InChI=1S/C42H35NO6/c1-21-15-30(23(3)44)41(48)34(39(21)46)19-33-32-18-27(38-28-11-7-5-9-25(28)17-26-10-6-8-12-29(26)38)13-14-36(32)43-37(33)20-35-40(47)22(2)16-31(24(4)45)42(35)49/h5-18,43,46-49H,19-20H2,1-4H3. The molecule has 1 heterocycles. The number of ketones is 2. The molecule has 7 aromatic rings. The number of phenolic OH excluding ortho intramolecular Hbond substituents is 4. The smallest absolute Gasteiger partial charge is 0.163 e. The van der Waals surface area contributed by atoms with Crippen molar-refractivity contribution in [1.82, 2.24) is 4.98 Å². The predicted octanol–water partition coefficient (Wildman–Crippen LogP) is 9.17. The van der Waals surface area contributed by atoms with Crippen molar-refractivity contribution in [2.75, 3.05) is 0 Å². The summed E-state index contributed by atoms with van der Waals surface area (Å²) in [6.07, 6.45) is 0.0463. The van der Waals surface area contributed by atoms with Crippen molar-refractivity contribution in [2.45, 2.75) is 40.5 Å². The van der Waals surface area contributed by atoms with Crippen molar-refractivity contribution < 1.29 is 30.0 Å². The summed E-state index contributed by atoms with van der Waals surface area (Å²) in [4.78, 5) is 28.3. The van der Waals surface area contributed by atoms with Gasteiger partial charge in [-0.15, -0.1) is 0 Å². The number of Topliss-reactive ketones (excluding diaryl/α,β-unsaturated/α-hetero) is 2. The SMILES string of the molecule is CC(=O)c1cc(C)c(O)c(Cc2[nH]c3ccc(-c4c5ccccc5cc5ccccc45)cc3c2Cc2c(O)c(C)cc(C(C)=O)c2O)c1O. The zero-order chi connectivity index (χ0) is 34.7. The second kappa shape index (κ2) is 11.9. The molecule has 0 atom stereocenters. The summed E-state index contributed by atoms with van der Waals surface area (Å²) in [5.74, 6) is -1.53. The van der Waals surface area contributed by atoms with Crippen LogP contribution in [0, 0.1) is 13.8 Å². The molecule has 0 saturated carbocycles. The van der Waals surface area contributed by atoms with Gasteiger partial charge in [0.1, 0.15) is 23.0 Å². The molecule has 7 nitrogen and oxygen atoms in total. The van der Waals surface area contributed by atoms with Gasteiger partial charge in [0, 0.05) is 40.6 Å². The van der Waals surface area contributed by atoms with Crippen LogP contribution in [-0.4, -0.2) is 37.0 Å². The van der Waals surface area contributed by atoms with Gasteiger partial charge in [0.2, 0.25) is 0 Å². The summed E-state index contributed by atoms with van der Waals surface area (Å²) < 4.78 is 0. The predicted molar refractivity (Wildman–Crippen MR) is 193 cm³/mol. The van der Waals surface area contributed by atoms with Gasteiger partial charge >= 0.3 is 0 Å². The van der Waals surface area contributed by atoms with E-state index in [9.17, 15) is 30.0 Å². The summed E-state index contributed by atoms with van der Waals surface area (Å²) in [5, 5.41) is 50.0. The molecule has 0 saturated heterocycles. The van der Waals surface area contributed by atoms with Crippen LogP contribution in [-0.2, 0) is 12.8 Å². The number of fused-ring (bicyclic) bond motifs is 3. The van der Waals surface area contributed by atoms with Crippen molar-refractivity contribution >= 4 is 44.0 Å². The Kier molecular flexibility index (Phi) is 7.63. The van der Waals surface area contributed by atoms with E-state index in [0.29, 0.717) is 22.4 Å². The number of aryl methyl sites for hydroxylation is 2. The Balaban J connectivity index is 1.51. The fourth-order valence-corrected chi connectivity index (χ4v) is 7.09. The molecule has 0 unspecified atom stereocenters. The Bertz CT molecular complexity index is 2470. The number of nitrogens with one attached hydrogen (secondary N) is 1. The number of phenols is 4. The van der Waals surface area contributed by atoms with Crippen molar-refractivity contribution in [1.29, 1.82) is 0 Å². The summed E-state index contributed by atoms with van der Waals surface area (Å²) in [7, 11) is 0. The van der Waals surface area contributed by atoms with E-state index in [1.807, 2.05) is 36.4 Å². The van der Waals surface area contributed by atoms with E-state index in [1.165, 1.54) is 26.0 Å². The van der Waals surface area contributed by atoms with Gasteiger partial charge in [0.05, 0.1) is 11.1 Å². The fraction of sp³-hybridized carbons (Fsp3) is 0.143. The lowest BCUT2D eigenvalue weighted by Crippen LogP contribution is -2.03. The van der Waals surface area contributed by atoms with E-state index in [1.54, 1.807) is 13.8 Å². The van der Waals surface area contributed by atoms with E-state index in [0.717, 1.165) is 43.6 Å². The summed E-state index contributed by atoms with van der Waals surface area (Å²) >= 11 is 0. The molecule has 7 heteroatoms. The van der Waals surface area contributed by atoms with Crippen LogP contribution >= 0.6 is 0 Å². The number of rotatable bonds is 7. The minimum Gasteiger partial charge on any atom is -0.507 e. The number of aromatic nitrogens is 1. The van der Waals surface area contributed by atoms with Gasteiger partial charge in [0.25, 0.3) is 0 Å². The Labute approximate surface area is 282 Å². The molecule has 5 N–H and O–H groups in total. The molecule has 0 aliphatic heterocycles. The number of aromatic amines is 1. The third-order valence-corrected chi connectivity index (χ3v) is 9.64. The first-order valence-corrected chi connectivity index (χ1v) is 16.1. The van der Waals surface area contributed by atoms with Gasteiger partial charge in [0.15, 0.2) is 11.6 Å². The van der Waals surface area contributed by atoms with Gasteiger partial charge in [-0.05, 0) is 107 Å². The zero-order valence-corrected chi connectivity index (χ0v) is 27.6. The van der Waals surface area contributed by atoms with Crippen LogP contribution in [0.5, 0.6) is 23.0 Å². The molecule has 7 rings (SSSR count). The molecule has 6 aromatic carbocycles. The number of aromatic hydroxyl groups is 4. The maximum atomic E-state index is 12.5. The van der Waals surface area contributed by atoms with Crippen LogP contribution in [0.2, 0.25) is 0 Å². The number of hydrogen-bond acceptors (Lipinski definition) is 6. The second-order valence-electron chi connectivity index (χ2n) is 12.8. The highest BCUT2D eigenvalue weighted by molar-refractivity contribution is 6.13. The van der Waals surface area contributed by atoms with Gasteiger partial charge in [-0.2, -0.15) is 0 Å². The molecule has 0 fully saturated rings. The van der Waals surface area contributed by atoms with Crippen molar-refractivity contribution in [3.8, 4) is 34.1 Å². The van der Waals surface area contributed by atoms with Crippen LogP contribution in [0.3, 0.4) is 0 Å². The Morgan fingerprint density at radius 3 is 1.61 bits per heavy atom.